The number of ether oxygens (including phenoxy) is 10. The average molecular weight is 783 g/mol. The second kappa shape index (κ2) is 19.7. The van der Waals surface area contributed by atoms with Gasteiger partial charge in [-0.05, 0) is 95.2 Å². The van der Waals surface area contributed by atoms with Gasteiger partial charge in [-0.25, -0.2) is 10.1 Å². The SMILES string of the molecule is CCOC1C=CC=C2N(OCC)C(CC3(OCC)N(OCC)C4=CC=CC(OCC)C4(OCC)C3(OCC)OCC)(OCC)C(OCC)(OCC)C21OCC. The molecule has 14 heteroatoms. The zero-order chi connectivity index (χ0) is 40.4. The van der Waals surface area contributed by atoms with Crippen LogP contribution >= 0.6 is 0 Å². The first kappa shape index (κ1) is 45.8. The molecule has 0 aromatic heterocycles. The monoisotopic (exact) mass is 782 g/mol. The molecule has 6 unspecified atom stereocenters. The Kier molecular flexibility index (Phi) is 16.4. The van der Waals surface area contributed by atoms with Crippen LogP contribution in [0.4, 0.5) is 0 Å². The first-order valence-corrected chi connectivity index (χ1v) is 20.7. The first-order valence-electron chi connectivity index (χ1n) is 20.7. The summed E-state index contributed by atoms with van der Waals surface area (Å²) in [7, 11) is 0. The lowest BCUT2D eigenvalue weighted by atomic mass is 9.74. The summed E-state index contributed by atoms with van der Waals surface area (Å²) >= 11 is 0. The van der Waals surface area contributed by atoms with Gasteiger partial charge in [-0.1, -0.05) is 24.3 Å². The van der Waals surface area contributed by atoms with E-state index in [0.29, 0.717) is 24.6 Å². The van der Waals surface area contributed by atoms with E-state index >= 15 is 0 Å². The molecule has 2 saturated heterocycles. The zero-order valence-corrected chi connectivity index (χ0v) is 35.6. The molecular formula is C41H70N2O12. The molecule has 2 fully saturated rings. The molecular weight excluding hydrogens is 712 g/mol. The maximum absolute atomic E-state index is 7.26. The van der Waals surface area contributed by atoms with E-state index in [2.05, 4.69) is 0 Å². The van der Waals surface area contributed by atoms with Crippen LogP contribution in [0, 0.1) is 0 Å². The number of hydrogen-bond acceptors (Lipinski definition) is 14. The molecule has 0 N–H and O–H groups in total. The maximum atomic E-state index is 7.26. The highest BCUT2D eigenvalue weighted by atomic mass is 16.8. The van der Waals surface area contributed by atoms with Crippen LogP contribution in [0.15, 0.2) is 47.9 Å². The van der Waals surface area contributed by atoms with Gasteiger partial charge in [0.05, 0.1) is 31.0 Å². The Morgan fingerprint density at radius 3 is 1.02 bits per heavy atom. The molecule has 0 saturated carbocycles. The molecule has 4 aliphatic rings. The Labute approximate surface area is 329 Å². The van der Waals surface area contributed by atoms with Crippen molar-refractivity contribution in [2.45, 2.75) is 136 Å². The van der Waals surface area contributed by atoms with Gasteiger partial charge in [0.1, 0.15) is 12.2 Å². The van der Waals surface area contributed by atoms with E-state index < -0.39 is 46.4 Å². The van der Waals surface area contributed by atoms with Gasteiger partial charge in [-0.2, -0.15) is 0 Å². The fraction of sp³-hybridized carbons (Fsp3) is 0.805. The normalized spacial score (nSPS) is 31.9. The Balaban J connectivity index is 2.30. The van der Waals surface area contributed by atoms with Gasteiger partial charge in [0, 0.05) is 66.1 Å². The van der Waals surface area contributed by atoms with Crippen LogP contribution in [0.5, 0.6) is 0 Å². The van der Waals surface area contributed by atoms with Gasteiger partial charge in [0.15, 0.2) is 11.2 Å². The second-order valence-corrected chi connectivity index (χ2v) is 13.0. The van der Waals surface area contributed by atoms with E-state index in [1.807, 2.05) is 120 Å². The summed E-state index contributed by atoms with van der Waals surface area (Å²) in [5, 5.41) is 3.51. The highest BCUT2D eigenvalue weighted by Crippen LogP contribution is 2.67. The van der Waals surface area contributed by atoms with Crippen LogP contribution in [0.25, 0.3) is 0 Å². The van der Waals surface area contributed by atoms with E-state index in [0.717, 1.165) is 0 Å². The van der Waals surface area contributed by atoms with E-state index in [4.69, 9.17) is 57.0 Å². The van der Waals surface area contributed by atoms with E-state index in [9.17, 15) is 0 Å². The van der Waals surface area contributed by atoms with Crippen LogP contribution in [0.2, 0.25) is 0 Å². The molecule has 0 amide bonds. The third kappa shape index (κ3) is 6.66. The van der Waals surface area contributed by atoms with E-state index in [-0.39, 0.29) is 72.5 Å². The van der Waals surface area contributed by atoms with Gasteiger partial charge in [-0.3, -0.25) is 9.68 Å². The number of rotatable bonds is 26. The highest BCUT2D eigenvalue weighted by Gasteiger charge is 2.88. The van der Waals surface area contributed by atoms with Crippen molar-refractivity contribution < 1.29 is 57.0 Å². The van der Waals surface area contributed by atoms with Crippen molar-refractivity contribution in [3.63, 3.8) is 0 Å². The molecule has 0 spiro atoms. The molecule has 4 rings (SSSR count). The molecule has 2 aliphatic carbocycles. The van der Waals surface area contributed by atoms with Gasteiger partial charge in [-0.15, -0.1) is 0 Å². The van der Waals surface area contributed by atoms with Crippen LogP contribution in [-0.2, 0) is 57.0 Å². The van der Waals surface area contributed by atoms with Crippen molar-refractivity contribution in [2.75, 3.05) is 79.3 Å². The van der Waals surface area contributed by atoms with Gasteiger partial charge in [0.25, 0.3) is 11.6 Å². The smallest absolute Gasteiger partial charge is 0.258 e. The lowest BCUT2D eigenvalue weighted by Gasteiger charge is -2.57. The van der Waals surface area contributed by atoms with Crippen LogP contribution in [0.1, 0.15) is 89.5 Å². The lowest BCUT2D eigenvalue weighted by molar-refractivity contribution is -0.463. The van der Waals surface area contributed by atoms with E-state index in [1.54, 1.807) is 10.1 Å². The number of nitrogens with zero attached hydrogens (tertiary/aromatic N) is 2. The molecule has 316 valence electrons. The van der Waals surface area contributed by atoms with Gasteiger partial charge >= 0.3 is 0 Å². The van der Waals surface area contributed by atoms with Crippen molar-refractivity contribution in [1.29, 1.82) is 0 Å². The Morgan fingerprint density at radius 2 is 0.745 bits per heavy atom. The Hall–Kier alpha value is -1.92. The molecule has 55 heavy (non-hydrogen) atoms. The topological polar surface area (TPSA) is 117 Å². The van der Waals surface area contributed by atoms with Crippen molar-refractivity contribution >= 4 is 0 Å². The molecule has 0 aromatic carbocycles. The zero-order valence-electron chi connectivity index (χ0n) is 35.6. The Bertz CT molecular complexity index is 1230. The summed E-state index contributed by atoms with van der Waals surface area (Å²) in [6.07, 6.45) is 10.2. The maximum Gasteiger partial charge on any atom is 0.258 e. The fourth-order valence-corrected chi connectivity index (χ4v) is 9.32. The number of hydrogen-bond donors (Lipinski definition) is 0. The van der Waals surface area contributed by atoms with Crippen molar-refractivity contribution in [2.24, 2.45) is 0 Å². The summed E-state index contributed by atoms with van der Waals surface area (Å²) in [4.78, 5) is 13.6. The summed E-state index contributed by atoms with van der Waals surface area (Å²) in [5.41, 5.74) is -5.17. The predicted octanol–water partition coefficient (Wildman–Crippen LogP) is 6.18. The van der Waals surface area contributed by atoms with E-state index in [1.165, 1.54) is 0 Å². The number of allylic oxidation sites excluding steroid dienone is 4. The van der Waals surface area contributed by atoms with Crippen LogP contribution in [-0.4, -0.2) is 136 Å². The summed E-state index contributed by atoms with van der Waals surface area (Å²) in [6.45, 7) is 26.3. The molecule has 2 heterocycles. The van der Waals surface area contributed by atoms with Crippen LogP contribution < -0.4 is 0 Å². The lowest BCUT2D eigenvalue weighted by Crippen LogP contribution is -2.78. The predicted molar refractivity (Wildman–Crippen MR) is 206 cm³/mol. The largest absolute Gasteiger partial charge is 0.371 e. The minimum atomic E-state index is -1.79. The minimum absolute atomic E-state index is 0.127. The standard InChI is InChI=1S/C41H70N2O12/c1-13-44-34-29-25-27-32-38(34,48-17-5)40(50-19-7,51-20-8)36(46-15-3,42(32)54-23-11)31-37(47-16-4)41(52-21-9,53-22-10)39(49-18-6)33(43(37)55-24-12)28-26-30-35(39)45-14-2/h25-30,34-35H,13-24,31H2,1-12H3. The molecule has 6 atom stereocenters. The molecule has 14 nitrogen and oxygen atoms in total. The molecule has 2 aliphatic heterocycles. The fourth-order valence-electron chi connectivity index (χ4n) is 9.32. The van der Waals surface area contributed by atoms with Crippen molar-refractivity contribution in [3.05, 3.63) is 47.9 Å². The second-order valence-electron chi connectivity index (χ2n) is 13.0. The van der Waals surface area contributed by atoms with Gasteiger partial charge < -0.3 is 47.4 Å². The van der Waals surface area contributed by atoms with Crippen molar-refractivity contribution in [1.82, 2.24) is 10.1 Å². The van der Waals surface area contributed by atoms with Crippen LogP contribution in [0.3, 0.4) is 0 Å². The van der Waals surface area contributed by atoms with Gasteiger partial charge in [0.2, 0.25) is 11.4 Å². The molecule has 0 aromatic rings. The quantitative estimate of drug-likeness (QED) is 0.0930. The molecule has 0 bridgehead atoms. The summed E-state index contributed by atoms with van der Waals surface area (Å²) in [5.74, 6) is -3.57. The third-order valence-corrected chi connectivity index (χ3v) is 10.3. The van der Waals surface area contributed by atoms with Crippen molar-refractivity contribution in [3.8, 4) is 0 Å². The Morgan fingerprint density at radius 1 is 0.418 bits per heavy atom. The molecule has 0 radical (unpaired) electrons. The summed E-state index contributed by atoms with van der Waals surface area (Å²) < 4.78 is 70.2. The summed E-state index contributed by atoms with van der Waals surface area (Å²) in [6, 6.07) is 0. The average Bonchev–Trinajstić information content (AvgIpc) is 3.44. The number of fused-ring (bicyclic) bond motifs is 2. The first-order chi connectivity index (χ1) is 26.7. The number of hydroxylamine groups is 4. The highest BCUT2D eigenvalue weighted by molar-refractivity contribution is 5.46. The third-order valence-electron chi connectivity index (χ3n) is 10.3. The minimum Gasteiger partial charge on any atom is -0.371 e.